The Labute approximate surface area is 156 Å². The summed E-state index contributed by atoms with van der Waals surface area (Å²) in [6.45, 7) is 2.05. The molecule has 0 amide bonds. The summed E-state index contributed by atoms with van der Waals surface area (Å²) in [6, 6.07) is 8.41. The predicted octanol–water partition coefficient (Wildman–Crippen LogP) is 3.34. The molecule has 0 aliphatic carbocycles. The molecule has 0 fully saturated rings. The Bertz CT molecular complexity index is 1090. The lowest BCUT2D eigenvalue weighted by Gasteiger charge is -2.11. The molecule has 132 valence electrons. The van der Waals surface area contributed by atoms with Crippen molar-refractivity contribution >= 4 is 27.3 Å². The van der Waals surface area contributed by atoms with E-state index < -0.39 is 0 Å². The molecule has 0 radical (unpaired) electrons. The van der Waals surface area contributed by atoms with E-state index in [-0.39, 0.29) is 11.7 Å². The molecule has 0 aliphatic rings. The van der Waals surface area contributed by atoms with E-state index in [1.54, 1.807) is 28.9 Å². The highest BCUT2D eigenvalue weighted by atomic mass is 79.9. The number of nitrogens with two attached hydrogens (primary N) is 1. The van der Waals surface area contributed by atoms with Crippen LogP contribution in [-0.2, 0) is 0 Å². The van der Waals surface area contributed by atoms with E-state index >= 15 is 0 Å². The molecule has 7 nitrogen and oxygen atoms in total. The van der Waals surface area contributed by atoms with Gasteiger partial charge in [-0.25, -0.2) is 18.6 Å². The normalized spacial score (nSPS) is 12.6. The highest BCUT2D eigenvalue weighted by Gasteiger charge is 2.23. The Kier molecular flexibility index (Phi) is 4.15. The van der Waals surface area contributed by atoms with E-state index in [4.69, 9.17) is 5.73 Å². The minimum atomic E-state index is -0.353. The second-order valence-electron chi connectivity index (χ2n) is 5.82. The molecule has 9 heteroatoms. The van der Waals surface area contributed by atoms with Gasteiger partial charge in [0.05, 0.1) is 17.6 Å². The van der Waals surface area contributed by atoms with Gasteiger partial charge in [-0.2, -0.15) is 5.10 Å². The Hall–Kier alpha value is -2.81. The highest BCUT2D eigenvalue weighted by Crippen LogP contribution is 2.33. The number of para-hydroxylation sites is 1. The van der Waals surface area contributed by atoms with Crippen molar-refractivity contribution in [2.45, 2.75) is 19.3 Å². The summed E-state index contributed by atoms with van der Waals surface area (Å²) in [5, 5.41) is 12.7. The first-order chi connectivity index (χ1) is 12.6. The summed E-state index contributed by atoms with van der Waals surface area (Å²) in [4.78, 5) is 4.03. The summed E-state index contributed by atoms with van der Waals surface area (Å²) < 4.78 is 18.0. The van der Waals surface area contributed by atoms with Crippen molar-refractivity contribution in [3.8, 4) is 5.69 Å². The van der Waals surface area contributed by atoms with Crippen LogP contribution in [0.1, 0.15) is 30.7 Å². The zero-order valence-electron chi connectivity index (χ0n) is 13.8. The van der Waals surface area contributed by atoms with Gasteiger partial charge >= 0.3 is 0 Å². The van der Waals surface area contributed by atoms with Gasteiger partial charge in [-0.3, -0.25) is 0 Å². The van der Waals surface area contributed by atoms with Crippen LogP contribution in [0.5, 0.6) is 0 Å². The molecule has 3 aromatic heterocycles. The number of fused-ring (bicyclic) bond motifs is 1. The van der Waals surface area contributed by atoms with Crippen LogP contribution in [0.4, 0.5) is 10.2 Å². The van der Waals surface area contributed by atoms with Crippen LogP contribution in [0, 0.1) is 5.82 Å². The second-order valence-corrected chi connectivity index (χ2v) is 6.68. The molecule has 0 bridgehead atoms. The van der Waals surface area contributed by atoms with Gasteiger partial charge in [-0.05, 0) is 40.5 Å². The molecule has 3 heterocycles. The van der Waals surface area contributed by atoms with E-state index in [2.05, 4.69) is 36.3 Å². The highest BCUT2D eigenvalue weighted by molar-refractivity contribution is 9.10. The van der Waals surface area contributed by atoms with Crippen molar-refractivity contribution in [2.75, 3.05) is 5.73 Å². The minimum Gasteiger partial charge on any atom is -0.382 e. The lowest BCUT2D eigenvalue weighted by molar-refractivity contribution is 0.607. The van der Waals surface area contributed by atoms with Crippen LogP contribution in [0.3, 0.4) is 0 Å². The monoisotopic (exact) mass is 415 g/mol. The van der Waals surface area contributed by atoms with Crippen LogP contribution < -0.4 is 5.73 Å². The second kappa shape index (κ2) is 6.49. The van der Waals surface area contributed by atoms with Crippen molar-refractivity contribution < 1.29 is 4.39 Å². The first kappa shape index (κ1) is 16.6. The van der Waals surface area contributed by atoms with Crippen molar-refractivity contribution in [3.05, 3.63) is 64.5 Å². The number of benzene rings is 1. The maximum absolute atomic E-state index is 14.0. The molecule has 1 atom stereocenters. The van der Waals surface area contributed by atoms with Gasteiger partial charge < -0.3 is 5.73 Å². The number of halogens is 2. The fourth-order valence-corrected chi connectivity index (χ4v) is 3.66. The SMILES string of the molecule is CCC(c1cn(-c2ccccc2F)nn1)c1cc(Br)c2c(N)ncnn12. The third kappa shape index (κ3) is 2.64. The third-order valence-electron chi connectivity index (χ3n) is 4.30. The van der Waals surface area contributed by atoms with E-state index in [9.17, 15) is 4.39 Å². The number of nitrogens with zero attached hydrogens (tertiary/aromatic N) is 6. The fourth-order valence-electron chi connectivity index (χ4n) is 3.06. The van der Waals surface area contributed by atoms with E-state index in [0.29, 0.717) is 17.0 Å². The number of nitrogen functional groups attached to an aromatic ring is 1. The fraction of sp³-hybridized carbons (Fsp3) is 0.176. The Morgan fingerprint density at radius 2 is 2.12 bits per heavy atom. The summed E-state index contributed by atoms with van der Waals surface area (Å²) in [6.07, 6.45) is 3.92. The van der Waals surface area contributed by atoms with Crippen molar-refractivity contribution in [1.82, 2.24) is 29.6 Å². The van der Waals surface area contributed by atoms with E-state index in [1.807, 2.05) is 13.0 Å². The summed E-state index contributed by atoms with van der Waals surface area (Å²) >= 11 is 3.52. The third-order valence-corrected chi connectivity index (χ3v) is 4.90. The van der Waals surface area contributed by atoms with Crippen molar-refractivity contribution in [1.29, 1.82) is 0 Å². The van der Waals surface area contributed by atoms with Crippen molar-refractivity contribution in [2.24, 2.45) is 0 Å². The minimum absolute atomic E-state index is 0.0800. The number of hydrogen-bond acceptors (Lipinski definition) is 5. The van der Waals surface area contributed by atoms with Gasteiger partial charge in [-0.15, -0.1) is 5.10 Å². The molecule has 2 N–H and O–H groups in total. The Morgan fingerprint density at radius 1 is 1.31 bits per heavy atom. The van der Waals surface area contributed by atoms with E-state index in [0.717, 1.165) is 22.3 Å². The standard InChI is InChI=1S/C17H15BrFN7/c1-2-10(15-7-11(18)16-17(20)21-9-22-26(15)16)13-8-25(24-23-13)14-6-4-3-5-12(14)19/h3-10H,2H2,1H3,(H2,20,21,22). The van der Waals surface area contributed by atoms with Crippen molar-refractivity contribution in [3.63, 3.8) is 0 Å². The molecule has 26 heavy (non-hydrogen) atoms. The molecule has 4 aromatic rings. The largest absolute Gasteiger partial charge is 0.382 e. The van der Waals surface area contributed by atoms with Gasteiger partial charge in [0, 0.05) is 10.4 Å². The zero-order valence-corrected chi connectivity index (χ0v) is 15.4. The first-order valence-electron chi connectivity index (χ1n) is 8.05. The number of anilines is 1. The lowest BCUT2D eigenvalue weighted by Crippen LogP contribution is -2.07. The van der Waals surface area contributed by atoms with Crippen LogP contribution in [0.25, 0.3) is 11.2 Å². The molecule has 0 spiro atoms. The van der Waals surface area contributed by atoms with Gasteiger partial charge in [0.15, 0.2) is 5.82 Å². The molecule has 0 saturated heterocycles. The lowest BCUT2D eigenvalue weighted by atomic mass is 9.99. The van der Waals surface area contributed by atoms with Gasteiger partial charge in [0.1, 0.15) is 23.3 Å². The maximum atomic E-state index is 14.0. The number of hydrogen-bond donors (Lipinski definition) is 1. The van der Waals surface area contributed by atoms with Crippen LogP contribution >= 0.6 is 15.9 Å². The summed E-state index contributed by atoms with van der Waals surface area (Å²) in [5.41, 5.74) is 8.67. The molecule has 1 unspecified atom stereocenters. The average Bonchev–Trinajstić information content (AvgIpc) is 3.23. The Morgan fingerprint density at radius 3 is 2.88 bits per heavy atom. The molecular weight excluding hydrogens is 401 g/mol. The zero-order chi connectivity index (χ0) is 18.3. The Balaban J connectivity index is 1.80. The molecule has 0 aliphatic heterocycles. The molecule has 4 rings (SSSR count). The summed E-state index contributed by atoms with van der Waals surface area (Å²) in [7, 11) is 0. The van der Waals surface area contributed by atoms with Gasteiger partial charge in [0.25, 0.3) is 0 Å². The number of rotatable bonds is 4. The van der Waals surface area contributed by atoms with Gasteiger partial charge in [-0.1, -0.05) is 24.3 Å². The topological polar surface area (TPSA) is 86.9 Å². The first-order valence-corrected chi connectivity index (χ1v) is 8.84. The van der Waals surface area contributed by atoms with Gasteiger partial charge in [0.2, 0.25) is 0 Å². The maximum Gasteiger partial charge on any atom is 0.152 e. The summed E-state index contributed by atoms with van der Waals surface area (Å²) in [5.74, 6) is -0.0417. The molecule has 1 aromatic carbocycles. The average molecular weight is 416 g/mol. The van der Waals surface area contributed by atoms with Crippen LogP contribution in [-0.4, -0.2) is 29.6 Å². The smallest absolute Gasteiger partial charge is 0.152 e. The van der Waals surface area contributed by atoms with Crippen LogP contribution in [0.15, 0.2) is 47.3 Å². The quantitative estimate of drug-likeness (QED) is 0.552. The number of aromatic nitrogens is 6. The predicted molar refractivity (Wildman–Crippen MR) is 98.6 cm³/mol. The molecular formula is C17H15BrFN7. The van der Waals surface area contributed by atoms with E-state index in [1.165, 1.54) is 17.1 Å². The van der Waals surface area contributed by atoms with Crippen LogP contribution in [0.2, 0.25) is 0 Å². The molecule has 0 saturated carbocycles.